The lowest BCUT2D eigenvalue weighted by atomic mass is 9.87. The van der Waals surface area contributed by atoms with E-state index >= 15 is 4.39 Å². The fourth-order valence-electron chi connectivity index (χ4n) is 7.93. The van der Waals surface area contributed by atoms with Crippen LogP contribution < -0.4 is 0 Å². The summed E-state index contributed by atoms with van der Waals surface area (Å²) >= 11 is 0. The molecule has 0 radical (unpaired) electrons. The molecule has 0 bridgehead atoms. The molecule has 17 heteroatoms. The Morgan fingerprint density at radius 2 is 1.43 bits per heavy atom. The van der Waals surface area contributed by atoms with Crippen LogP contribution in [0.15, 0.2) is 55.6 Å². The summed E-state index contributed by atoms with van der Waals surface area (Å²) in [5.41, 5.74) is 4.48. The molecule has 9 rings (SSSR count). The summed E-state index contributed by atoms with van der Waals surface area (Å²) in [5, 5.41) is 9.79. The maximum atomic E-state index is 16.0. The first-order valence-corrected chi connectivity index (χ1v) is 19.3. The van der Waals surface area contributed by atoms with Crippen LogP contribution in [0, 0.1) is 13.8 Å². The number of aryl methyl sites for hydroxylation is 2. The van der Waals surface area contributed by atoms with Crippen molar-refractivity contribution in [2.45, 2.75) is 121 Å². The van der Waals surface area contributed by atoms with E-state index in [0.717, 1.165) is 36.3 Å². The van der Waals surface area contributed by atoms with Crippen LogP contribution in [-0.4, -0.2) is 98.2 Å². The van der Waals surface area contributed by atoms with Crippen LogP contribution in [0.1, 0.15) is 75.9 Å². The molecule has 4 aliphatic heterocycles. The minimum atomic E-state index is -1.49. The molecule has 14 nitrogen and oxygen atoms in total. The van der Waals surface area contributed by atoms with Crippen molar-refractivity contribution in [3.8, 4) is 0 Å². The van der Waals surface area contributed by atoms with Gasteiger partial charge in [0.2, 0.25) is 0 Å². The van der Waals surface area contributed by atoms with E-state index in [0.29, 0.717) is 35.2 Å². The molecule has 0 saturated carbocycles. The van der Waals surface area contributed by atoms with Crippen molar-refractivity contribution < 1.29 is 32.4 Å². The summed E-state index contributed by atoms with van der Waals surface area (Å²) in [7, 11) is -1.42. The lowest BCUT2D eigenvalue weighted by Crippen LogP contribution is -2.36. The maximum Gasteiger partial charge on any atom is 0.260 e. The fourth-order valence-corrected chi connectivity index (χ4v) is 10.1. The third-order valence-electron chi connectivity index (χ3n) is 10.9. The minimum Gasteiger partial charge on any atom is -0.387 e. The predicted molar refractivity (Wildman–Crippen MR) is 191 cm³/mol. The summed E-state index contributed by atoms with van der Waals surface area (Å²) in [6, 6.07) is 10.5. The van der Waals surface area contributed by atoms with Crippen molar-refractivity contribution in [2.24, 2.45) is 0 Å². The van der Waals surface area contributed by atoms with E-state index in [1.165, 1.54) is 23.5 Å². The highest BCUT2D eigenvalue weighted by atomic mass is 31.2. The average molecular weight is 752 g/mol. The van der Waals surface area contributed by atoms with Crippen LogP contribution >= 0.6 is 8.53 Å². The van der Waals surface area contributed by atoms with E-state index in [1.54, 1.807) is 10.9 Å². The Balaban J connectivity index is 0.000000178. The highest BCUT2D eigenvalue weighted by Crippen LogP contribution is 2.64. The van der Waals surface area contributed by atoms with E-state index in [2.05, 4.69) is 53.6 Å². The van der Waals surface area contributed by atoms with E-state index < -0.39 is 63.3 Å². The smallest absolute Gasteiger partial charge is 0.260 e. The molecular formula is C36H44F2N9O5P. The molecule has 0 amide bonds. The van der Waals surface area contributed by atoms with Crippen molar-refractivity contribution in [3.05, 3.63) is 72.6 Å². The summed E-state index contributed by atoms with van der Waals surface area (Å²) in [4.78, 5) is 25.3. The van der Waals surface area contributed by atoms with Crippen LogP contribution in [0.2, 0.25) is 0 Å². The molecule has 1 N–H and O–H groups in total. The average Bonchev–Trinajstić information content (AvgIpc) is 4.02. The van der Waals surface area contributed by atoms with Crippen molar-refractivity contribution in [3.63, 3.8) is 0 Å². The molecular weight excluding hydrogens is 707 g/mol. The monoisotopic (exact) mass is 751 g/mol. The first-order chi connectivity index (χ1) is 25.6. The van der Waals surface area contributed by atoms with Crippen molar-refractivity contribution in [1.29, 1.82) is 0 Å². The number of aliphatic hydroxyl groups is 1. The Bertz CT molecular complexity index is 2060. The first kappa shape index (κ1) is 36.4. The predicted octanol–water partition coefficient (Wildman–Crippen LogP) is 5.94. The molecule has 4 saturated heterocycles. The van der Waals surface area contributed by atoms with Gasteiger partial charge in [0.1, 0.15) is 41.5 Å². The summed E-state index contributed by atoms with van der Waals surface area (Å²) < 4.78 is 60.5. The number of ether oxygens (including phenoxy) is 2. The van der Waals surface area contributed by atoms with E-state index in [9.17, 15) is 9.50 Å². The largest absolute Gasteiger partial charge is 0.387 e. The minimum absolute atomic E-state index is 0.217. The van der Waals surface area contributed by atoms with Crippen LogP contribution in [0.25, 0.3) is 22.3 Å². The second-order valence-electron chi connectivity index (χ2n) is 14.1. The third kappa shape index (κ3) is 6.21. The van der Waals surface area contributed by atoms with Gasteiger partial charge in [0.15, 0.2) is 36.1 Å². The Kier molecular flexibility index (Phi) is 9.98. The number of rotatable bonds is 7. The lowest BCUT2D eigenvalue weighted by molar-refractivity contribution is -0.0238. The number of aliphatic hydroxyl groups excluding tert-OH is 1. The second kappa shape index (κ2) is 14.5. The third-order valence-corrected chi connectivity index (χ3v) is 12.8. The normalized spacial score (nSPS) is 34.2. The second-order valence-corrected chi connectivity index (χ2v) is 15.5. The zero-order valence-corrected chi connectivity index (χ0v) is 31.1. The van der Waals surface area contributed by atoms with Gasteiger partial charge in [-0.25, -0.2) is 43.4 Å². The van der Waals surface area contributed by atoms with Gasteiger partial charge in [-0.3, -0.25) is 9.13 Å². The van der Waals surface area contributed by atoms with Gasteiger partial charge in [-0.1, -0.05) is 44.2 Å². The zero-order chi connectivity index (χ0) is 37.0. The van der Waals surface area contributed by atoms with Gasteiger partial charge in [-0.2, -0.15) is 0 Å². The summed E-state index contributed by atoms with van der Waals surface area (Å²) in [6.07, 6.45) is 1.88. The first-order valence-electron chi connectivity index (χ1n) is 18.2. The van der Waals surface area contributed by atoms with Gasteiger partial charge < -0.3 is 23.6 Å². The number of hydrogen-bond donors (Lipinski definition) is 1. The molecule has 11 atom stereocenters. The molecule has 4 fully saturated rings. The van der Waals surface area contributed by atoms with Gasteiger partial charge in [0, 0.05) is 6.54 Å². The van der Waals surface area contributed by atoms with E-state index in [4.69, 9.17) is 18.5 Å². The van der Waals surface area contributed by atoms with Crippen LogP contribution in [0.4, 0.5) is 8.78 Å². The van der Waals surface area contributed by atoms with Gasteiger partial charge in [0.25, 0.3) is 8.53 Å². The van der Waals surface area contributed by atoms with Gasteiger partial charge in [-0.05, 0) is 52.0 Å². The van der Waals surface area contributed by atoms with Crippen molar-refractivity contribution in [2.75, 3.05) is 6.54 Å². The van der Waals surface area contributed by atoms with Crippen molar-refractivity contribution in [1.82, 2.24) is 43.7 Å². The number of alkyl halides is 2. The Hall–Kier alpha value is -3.63. The van der Waals surface area contributed by atoms with Crippen LogP contribution in [-0.2, 0) is 24.1 Å². The number of hydrogen-bond acceptors (Lipinski definition) is 12. The van der Waals surface area contributed by atoms with E-state index in [-0.39, 0.29) is 6.04 Å². The number of nitrogens with zero attached hydrogens (tertiary/aromatic N) is 9. The zero-order valence-electron chi connectivity index (χ0n) is 30.2. The molecule has 4 aromatic heterocycles. The number of benzene rings is 1. The highest BCUT2D eigenvalue weighted by molar-refractivity contribution is 7.45. The standard InChI is InChI=1S/C24H29FN5O3P.C12H15FN4O2/c1-4-17-21(19(25)23(31-17)29-14-28-20-15(2)26-13-27-22(20)29)32-34-30-12-8-11-18(30)24(3,33-34)16-9-6-5-7-10-16;1-3-7-10(18)8(13)12(19-7)17-5-16-9-6(2)14-4-15-11(9)17/h5-7,9-10,13-14,17-19,21,23H,4,8,11-12H2,1-3H3;4-5,7-8,10,12,18H,3H2,1-2H3/t17-,18+,19?,21+,23-,24-,34+;7-,8?,10+,12-/m11/s1. The molecule has 8 heterocycles. The number of aromatic nitrogens is 8. The molecule has 4 aliphatic rings. The Morgan fingerprint density at radius 1 is 0.849 bits per heavy atom. The summed E-state index contributed by atoms with van der Waals surface area (Å²) in [6.45, 7) is 10.5. The van der Waals surface area contributed by atoms with Gasteiger partial charge >= 0.3 is 0 Å². The van der Waals surface area contributed by atoms with E-state index in [1.807, 2.05) is 45.9 Å². The Labute approximate surface area is 306 Å². The van der Waals surface area contributed by atoms with Crippen molar-refractivity contribution >= 4 is 30.9 Å². The SMILES string of the molecule is CC[C@H]1O[C@@H](n2cnc3c(C)ncnc32)C(F)[C@H]1O.CC[C@H]1O[C@@H](n2cnc3c(C)ncnc32)C(F)[C@H]1O[P@@]1O[C@](C)(c2ccccc2)[C@@H]2CCCN21. The Morgan fingerprint density at radius 3 is 2.02 bits per heavy atom. The lowest BCUT2D eigenvalue weighted by Gasteiger charge is -2.29. The molecule has 0 spiro atoms. The van der Waals surface area contributed by atoms with Crippen LogP contribution in [0.5, 0.6) is 0 Å². The molecule has 53 heavy (non-hydrogen) atoms. The highest BCUT2D eigenvalue weighted by Gasteiger charge is 2.57. The maximum absolute atomic E-state index is 16.0. The fraction of sp³-hybridized carbons (Fsp3) is 0.556. The van der Waals surface area contributed by atoms with Crippen LogP contribution in [0.3, 0.4) is 0 Å². The number of fused-ring (bicyclic) bond motifs is 3. The summed E-state index contributed by atoms with van der Waals surface area (Å²) in [5.74, 6) is 0. The number of halogens is 2. The molecule has 282 valence electrons. The molecule has 1 aromatic carbocycles. The van der Waals surface area contributed by atoms with Gasteiger partial charge in [0.05, 0.1) is 42.3 Å². The molecule has 5 aromatic rings. The molecule has 0 aliphatic carbocycles. The molecule has 2 unspecified atom stereocenters. The van der Waals surface area contributed by atoms with Gasteiger partial charge in [-0.15, -0.1) is 0 Å². The number of imidazole rings is 2. The quantitative estimate of drug-likeness (QED) is 0.196. The topological polar surface area (TPSA) is 148 Å².